The smallest absolute Gasteiger partial charge is 0.227 e. The van der Waals surface area contributed by atoms with E-state index in [0.29, 0.717) is 13.2 Å². The Kier molecular flexibility index (Phi) is 4.55. The summed E-state index contributed by atoms with van der Waals surface area (Å²) in [5.41, 5.74) is 0. The second-order valence-electron chi connectivity index (χ2n) is 5.11. The highest BCUT2D eigenvalue weighted by atomic mass is 16.5. The molecule has 0 saturated carbocycles. The van der Waals surface area contributed by atoms with E-state index < -0.39 is 0 Å². The molecular weight excluding hydrogens is 244 g/mol. The first-order valence-corrected chi connectivity index (χ1v) is 6.60. The summed E-state index contributed by atoms with van der Waals surface area (Å²) in [7, 11) is 3.69. The number of aromatic nitrogens is 2. The molecule has 2 unspecified atom stereocenters. The SMILES string of the molecule is COCC(C)C(=O)N1CCN(C)C(c2ncc[nH]2)C1. The fourth-order valence-electron chi connectivity index (χ4n) is 2.46. The van der Waals surface area contributed by atoms with Gasteiger partial charge in [-0.25, -0.2) is 4.98 Å². The molecule has 1 fully saturated rings. The van der Waals surface area contributed by atoms with Crippen molar-refractivity contribution in [2.24, 2.45) is 5.92 Å². The summed E-state index contributed by atoms with van der Waals surface area (Å²) in [5.74, 6) is 0.983. The van der Waals surface area contributed by atoms with Crippen LogP contribution in [0.2, 0.25) is 0 Å². The Morgan fingerprint density at radius 3 is 3.05 bits per heavy atom. The number of hydrogen-bond donors (Lipinski definition) is 1. The van der Waals surface area contributed by atoms with Crippen molar-refractivity contribution in [1.82, 2.24) is 19.8 Å². The lowest BCUT2D eigenvalue weighted by atomic mass is 10.1. The zero-order valence-electron chi connectivity index (χ0n) is 11.8. The van der Waals surface area contributed by atoms with Gasteiger partial charge in [-0.1, -0.05) is 6.92 Å². The van der Waals surface area contributed by atoms with E-state index in [1.54, 1.807) is 13.3 Å². The van der Waals surface area contributed by atoms with E-state index in [-0.39, 0.29) is 17.9 Å². The lowest BCUT2D eigenvalue weighted by molar-refractivity contribution is -0.139. The lowest BCUT2D eigenvalue weighted by Crippen LogP contribution is -2.51. The molecule has 1 saturated heterocycles. The maximum atomic E-state index is 12.3. The zero-order chi connectivity index (χ0) is 13.8. The average molecular weight is 266 g/mol. The van der Waals surface area contributed by atoms with Crippen molar-refractivity contribution < 1.29 is 9.53 Å². The highest BCUT2D eigenvalue weighted by Gasteiger charge is 2.31. The fraction of sp³-hybridized carbons (Fsp3) is 0.692. The van der Waals surface area contributed by atoms with Gasteiger partial charge in [-0.2, -0.15) is 0 Å². The fourth-order valence-corrected chi connectivity index (χ4v) is 2.46. The second-order valence-corrected chi connectivity index (χ2v) is 5.11. The lowest BCUT2D eigenvalue weighted by Gasteiger charge is -2.39. The van der Waals surface area contributed by atoms with E-state index in [2.05, 4.69) is 21.9 Å². The average Bonchev–Trinajstić information content (AvgIpc) is 2.92. The predicted molar refractivity (Wildman–Crippen MR) is 71.6 cm³/mol. The first-order valence-electron chi connectivity index (χ1n) is 6.60. The number of carbonyl (C=O) groups is 1. The number of methoxy groups -OCH3 is 1. The normalized spacial score (nSPS) is 22.5. The van der Waals surface area contributed by atoms with E-state index in [0.717, 1.165) is 18.9 Å². The number of rotatable bonds is 4. The van der Waals surface area contributed by atoms with Crippen molar-refractivity contribution in [2.45, 2.75) is 13.0 Å². The molecule has 2 atom stereocenters. The number of piperazine rings is 1. The molecule has 2 rings (SSSR count). The van der Waals surface area contributed by atoms with Crippen molar-refractivity contribution in [2.75, 3.05) is 40.4 Å². The van der Waals surface area contributed by atoms with Crippen molar-refractivity contribution in [3.05, 3.63) is 18.2 Å². The standard InChI is InChI=1S/C13H22N4O2/c1-10(9-19-3)13(18)17-7-6-16(2)11(8-17)12-14-4-5-15-12/h4-5,10-11H,6-9H2,1-3H3,(H,14,15). The van der Waals surface area contributed by atoms with Crippen LogP contribution in [0, 0.1) is 5.92 Å². The molecule has 6 nitrogen and oxygen atoms in total. The topological polar surface area (TPSA) is 61.5 Å². The number of nitrogens with one attached hydrogen (secondary N) is 1. The van der Waals surface area contributed by atoms with Crippen LogP contribution < -0.4 is 0 Å². The molecule has 1 aliphatic rings. The monoisotopic (exact) mass is 266 g/mol. The van der Waals surface area contributed by atoms with Gasteiger partial charge >= 0.3 is 0 Å². The van der Waals surface area contributed by atoms with Gasteiger partial charge < -0.3 is 14.6 Å². The Labute approximate surface area is 113 Å². The first kappa shape index (κ1) is 14.0. The molecule has 0 bridgehead atoms. The van der Waals surface area contributed by atoms with Crippen molar-refractivity contribution in [3.8, 4) is 0 Å². The predicted octanol–water partition coefficient (Wildman–Crippen LogP) is 0.507. The Balaban J connectivity index is 2.03. The maximum absolute atomic E-state index is 12.3. The van der Waals surface area contributed by atoms with Crippen LogP contribution >= 0.6 is 0 Å². The summed E-state index contributed by atoms with van der Waals surface area (Å²) in [6.45, 7) is 4.68. The number of ether oxygens (including phenoxy) is 1. The molecule has 0 aliphatic carbocycles. The molecular formula is C13H22N4O2. The van der Waals surface area contributed by atoms with Crippen LogP contribution in [0.3, 0.4) is 0 Å². The zero-order valence-corrected chi connectivity index (χ0v) is 11.8. The Morgan fingerprint density at radius 2 is 2.42 bits per heavy atom. The minimum absolute atomic E-state index is 0.0920. The quantitative estimate of drug-likeness (QED) is 0.862. The van der Waals surface area contributed by atoms with Gasteiger partial charge in [0.25, 0.3) is 0 Å². The summed E-state index contributed by atoms with van der Waals surface area (Å²) >= 11 is 0. The molecule has 1 aromatic heterocycles. The molecule has 1 N–H and O–H groups in total. The second kappa shape index (κ2) is 6.16. The number of likely N-dealkylation sites (N-methyl/N-ethyl adjacent to an activating group) is 1. The molecule has 0 spiro atoms. The molecule has 1 aliphatic heterocycles. The van der Waals surface area contributed by atoms with E-state index in [4.69, 9.17) is 4.74 Å². The molecule has 2 heterocycles. The summed E-state index contributed by atoms with van der Waals surface area (Å²) < 4.78 is 5.06. The number of carbonyl (C=O) groups excluding carboxylic acids is 1. The molecule has 106 valence electrons. The number of imidazole rings is 1. The summed E-state index contributed by atoms with van der Waals surface area (Å²) in [5, 5.41) is 0. The van der Waals surface area contributed by atoms with Gasteiger partial charge in [-0.3, -0.25) is 9.69 Å². The van der Waals surface area contributed by atoms with Crippen LogP contribution in [-0.4, -0.2) is 66.1 Å². The van der Waals surface area contributed by atoms with Gasteiger partial charge in [0.15, 0.2) is 0 Å². The van der Waals surface area contributed by atoms with Crippen molar-refractivity contribution in [3.63, 3.8) is 0 Å². The first-order chi connectivity index (χ1) is 9.13. The van der Waals surface area contributed by atoms with Crippen LogP contribution in [0.25, 0.3) is 0 Å². The van der Waals surface area contributed by atoms with Crippen LogP contribution in [0.15, 0.2) is 12.4 Å². The highest BCUT2D eigenvalue weighted by Crippen LogP contribution is 2.22. The van der Waals surface area contributed by atoms with Gasteiger partial charge in [0, 0.05) is 39.1 Å². The Hall–Kier alpha value is -1.40. The molecule has 1 aromatic rings. The number of aromatic amines is 1. The van der Waals surface area contributed by atoms with E-state index >= 15 is 0 Å². The minimum Gasteiger partial charge on any atom is -0.384 e. The van der Waals surface area contributed by atoms with Crippen LogP contribution in [-0.2, 0) is 9.53 Å². The van der Waals surface area contributed by atoms with Gasteiger partial charge in [0.1, 0.15) is 5.82 Å². The highest BCUT2D eigenvalue weighted by molar-refractivity contribution is 5.78. The Morgan fingerprint density at radius 1 is 1.63 bits per heavy atom. The van der Waals surface area contributed by atoms with Gasteiger partial charge in [-0.05, 0) is 7.05 Å². The Bertz CT molecular complexity index is 407. The number of H-pyrrole nitrogens is 1. The molecule has 6 heteroatoms. The molecule has 1 amide bonds. The third-order valence-electron chi connectivity index (χ3n) is 3.63. The van der Waals surface area contributed by atoms with Crippen molar-refractivity contribution in [1.29, 1.82) is 0 Å². The summed E-state index contributed by atoms with van der Waals surface area (Å²) in [6.07, 6.45) is 3.56. The third-order valence-corrected chi connectivity index (χ3v) is 3.63. The maximum Gasteiger partial charge on any atom is 0.227 e. The number of hydrogen-bond acceptors (Lipinski definition) is 4. The van der Waals surface area contributed by atoms with Gasteiger partial charge in [-0.15, -0.1) is 0 Å². The largest absolute Gasteiger partial charge is 0.384 e. The minimum atomic E-state index is -0.0920. The molecule has 19 heavy (non-hydrogen) atoms. The summed E-state index contributed by atoms with van der Waals surface area (Å²) in [4.78, 5) is 23.9. The van der Waals surface area contributed by atoms with E-state index in [1.807, 2.05) is 18.0 Å². The van der Waals surface area contributed by atoms with Crippen LogP contribution in [0.4, 0.5) is 0 Å². The number of amides is 1. The molecule has 0 radical (unpaired) electrons. The third kappa shape index (κ3) is 3.13. The van der Waals surface area contributed by atoms with Crippen molar-refractivity contribution >= 4 is 5.91 Å². The van der Waals surface area contributed by atoms with Crippen LogP contribution in [0.5, 0.6) is 0 Å². The summed E-state index contributed by atoms with van der Waals surface area (Å²) in [6, 6.07) is 0.141. The molecule has 0 aromatic carbocycles. The van der Waals surface area contributed by atoms with E-state index in [9.17, 15) is 4.79 Å². The van der Waals surface area contributed by atoms with Gasteiger partial charge in [0.2, 0.25) is 5.91 Å². The van der Waals surface area contributed by atoms with Gasteiger partial charge in [0.05, 0.1) is 18.6 Å². The van der Waals surface area contributed by atoms with Crippen LogP contribution in [0.1, 0.15) is 18.8 Å². The van der Waals surface area contributed by atoms with E-state index in [1.165, 1.54) is 0 Å². The number of nitrogens with zero attached hydrogens (tertiary/aromatic N) is 3.